The topological polar surface area (TPSA) is 49.3 Å². The number of carbonyl (C=O) groups excluding carboxylic acids is 1. The molecule has 0 bridgehead atoms. The van der Waals surface area contributed by atoms with Gasteiger partial charge in [-0.1, -0.05) is 36.6 Å². The molecule has 19 heavy (non-hydrogen) atoms. The minimum absolute atomic E-state index is 0.0147. The molecule has 1 fully saturated rings. The molecule has 2 unspecified atom stereocenters. The number of aliphatic hydroxyl groups excluding tert-OH is 1. The maximum absolute atomic E-state index is 11.8. The van der Waals surface area contributed by atoms with Crippen molar-refractivity contribution in [2.75, 3.05) is 0 Å². The van der Waals surface area contributed by atoms with Crippen molar-refractivity contribution in [2.24, 2.45) is 0 Å². The van der Waals surface area contributed by atoms with Gasteiger partial charge in [-0.15, -0.1) is 0 Å². The number of aryl methyl sites for hydroxylation is 1. The number of amides is 1. The van der Waals surface area contributed by atoms with Crippen LogP contribution in [0.25, 0.3) is 0 Å². The van der Waals surface area contributed by atoms with E-state index in [1.165, 1.54) is 0 Å². The van der Waals surface area contributed by atoms with Crippen molar-refractivity contribution in [3.8, 4) is 0 Å². The molecule has 1 aromatic rings. The molecule has 0 radical (unpaired) electrons. The normalized spacial score (nSPS) is 23.1. The summed E-state index contributed by atoms with van der Waals surface area (Å²) in [6.45, 7) is 0. The van der Waals surface area contributed by atoms with Crippen LogP contribution in [-0.4, -0.2) is 23.2 Å². The Morgan fingerprint density at radius 2 is 1.95 bits per heavy atom. The number of aliphatic hydroxyl groups is 1. The van der Waals surface area contributed by atoms with Crippen molar-refractivity contribution in [1.82, 2.24) is 5.32 Å². The Morgan fingerprint density at radius 1 is 1.26 bits per heavy atom. The zero-order valence-corrected chi connectivity index (χ0v) is 11.7. The fraction of sp³-hybridized carbons (Fsp3) is 0.533. The Hall–Kier alpha value is -1.06. The first-order valence-electron chi connectivity index (χ1n) is 6.87. The van der Waals surface area contributed by atoms with E-state index in [1.54, 1.807) is 0 Å². The van der Waals surface area contributed by atoms with Crippen LogP contribution in [0.5, 0.6) is 0 Å². The summed E-state index contributed by atoms with van der Waals surface area (Å²) in [5, 5.41) is 13.4. The standard InChI is InChI=1S/C15H20ClNO2/c16-12-8-5-11(6-9-12)7-10-15(19)17-13-3-1-2-4-14(13)18/h5-6,8-9,13-14,18H,1-4,7,10H2,(H,17,19). The number of hydrogen-bond donors (Lipinski definition) is 2. The summed E-state index contributed by atoms with van der Waals surface area (Å²) in [5.74, 6) is 0.0147. The number of rotatable bonds is 4. The first-order chi connectivity index (χ1) is 9.15. The van der Waals surface area contributed by atoms with Crippen molar-refractivity contribution in [2.45, 2.75) is 50.7 Å². The van der Waals surface area contributed by atoms with Crippen LogP contribution < -0.4 is 5.32 Å². The molecule has 1 aliphatic rings. The third-order valence-corrected chi connectivity index (χ3v) is 3.88. The molecular formula is C15H20ClNO2. The quantitative estimate of drug-likeness (QED) is 0.891. The number of hydrogen-bond acceptors (Lipinski definition) is 2. The molecule has 2 rings (SSSR count). The van der Waals surface area contributed by atoms with Crippen molar-refractivity contribution < 1.29 is 9.90 Å². The fourth-order valence-corrected chi connectivity index (χ4v) is 2.59. The summed E-state index contributed by atoms with van der Waals surface area (Å²) in [6, 6.07) is 7.47. The molecule has 0 aliphatic heterocycles. The van der Waals surface area contributed by atoms with Crippen LogP contribution in [0.2, 0.25) is 5.02 Å². The van der Waals surface area contributed by atoms with Crippen LogP contribution in [0.15, 0.2) is 24.3 Å². The predicted octanol–water partition coefficient (Wildman–Crippen LogP) is 2.69. The first kappa shape index (κ1) is 14.4. The summed E-state index contributed by atoms with van der Waals surface area (Å²) in [4.78, 5) is 11.8. The summed E-state index contributed by atoms with van der Waals surface area (Å²) >= 11 is 5.81. The van der Waals surface area contributed by atoms with E-state index in [4.69, 9.17) is 11.6 Å². The van der Waals surface area contributed by atoms with Crippen molar-refractivity contribution >= 4 is 17.5 Å². The minimum atomic E-state index is -0.381. The summed E-state index contributed by atoms with van der Waals surface area (Å²) in [5.41, 5.74) is 1.10. The molecule has 0 heterocycles. The number of halogens is 1. The van der Waals surface area contributed by atoms with Gasteiger partial charge in [0.1, 0.15) is 0 Å². The van der Waals surface area contributed by atoms with Gasteiger partial charge in [0.25, 0.3) is 0 Å². The molecule has 3 nitrogen and oxygen atoms in total. The molecule has 104 valence electrons. The molecule has 0 aromatic heterocycles. The van der Waals surface area contributed by atoms with E-state index < -0.39 is 0 Å². The third-order valence-electron chi connectivity index (χ3n) is 3.63. The molecule has 1 amide bonds. The lowest BCUT2D eigenvalue weighted by atomic mass is 9.92. The lowest BCUT2D eigenvalue weighted by molar-refractivity contribution is -0.123. The largest absolute Gasteiger partial charge is 0.391 e. The van der Waals surface area contributed by atoms with E-state index in [-0.39, 0.29) is 18.1 Å². The Labute approximate surface area is 119 Å². The lowest BCUT2D eigenvalue weighted by Gasteiger charge is -2.28. The zero-order valence-electron chi connectivity index (χ0n) is 10.9. The van der Waals surface area contributed by atoms with Gasteiger partial charge in [-0.25, -0.2) is 0 Å². The summed E-state index contributed by atoms with van der Waals surface area (Å²) in [7, 11) is 0. The molecular weight excluding hydrogens is 262 g/mol. The molecule has 0 saturated heterocycles. The Kier molecular flexibility index (Phi) is 5.23. The zero-order chi connectivity index (χ0) is 13.7. The average molecular weight is 282 g/mol. The van der Waals surface area contributed by atoms with Crippen LogP contribution >= 0.6 is 11.6 Å². The van der Waals surface area contributed by atoms with Gasteiger partial charge >= 0.3 is 0 Å². The molecule has 1 aromatic carbocycles. The minimum Gasteiger partial charge on any atom is -0.391 e. The van der Waals surface area contributed by atoms with E-state index in [2.05, 4.69) is 5.32 Å². The summed E-state index contributed by atoms with van der Waals surface area (Å²) < 4.78 is 0. The maximum atomic E-state index is 11.8. The fourth-order valence-electron chi connectivity index (χ4n) is 2.47. The van der Waals surface area contributed by atoms with E-state index in [0.29, 0.717) is 17.9 Å². The highest BCUT2D eigenvalue weighted by Gasteiger charge is 2.24. The van der Waals surface area contributed by atoms with Crippen LogP contribution in [0.1, 0.15) is 37.7 Å². The van der Waals surface area contributed by atoms with Gasteiger partial charge in [0.2, 0.25) is 5.91 Å². The third kappa shape index (κ3) is 4.51. The molecule has 1 saturated carbocycles. The second-order valence-corrected chi connectivity index (χ2v) is 5.59. The molecule has 2 N–H and O–H groups in total. The summed E-state index contributed by atoms with van der Waals surface area (Å²) in [6.07, 6.45) is 4.58. The van der Waals surface area contributed by atoms with Gasteiger partial charge in [-0.2, -0.15) is 0 Å². The highest BCUT2D eigenvalue weighted by atomic mass is 35.5. The van der Waals surface area contributed by atoms with Gasteiger partial charge in [-0.3, -0.25) is 4.79 Å². The molecule has 0 spiro atoms. The second-order valence-electron chi connectivity index (χ2n) is 5.15. The van der Waals surface area contributed by atoms with Gasteiger partial charge in [0, 0.05) is 11.4 Å². The average Bonchev–Trinajstić information content (AvgIpc) is 2.41. The van der Waals surface area contributed by atoms with E-state index >= 15 is 0 Å². The van der Waals surface area contributed by atoms with Crippen molar-refractivity contribution in [1.29, 1.82) is 0 Å². The van der Waals surface area contributed by atoms with Crippen LogP contribution in [0.4, 0.5) is 0 Å². The van der Waals surface area contributed by atoms with E-state index in [1.807, 2.05) is 24.3 Å². The lowest BCUT2D eigenvalue weighted by Crippen LogP contribution is -2.45. The van der Waals surface area contributed by atoms with E-state index in [9.17, 15) is 9.90 Å². The highest BCUT2D eigenvalue weighted by Crippen LogP contribution is 2.18. The van der Waals surface area contributed by atoms with Gasteiger partial charge in [-0.05, 0) is 37.0 Å². The van der Waals surface area contributed by atoms with E-state index in [0.717, 1.165) is 31.2 Å². The van der Waals surface area contributed by atoms with Gasteiger partial charge in [0.05, 0.1) is 12.1 Å². The predicted molar refractivity (Wildman–Crippen MR) is 76.2 cm³/mol. The maximum Gasteiger partial charge on any atom is 0.220 e. The highest BCUT2D eigenvalue weighted by molar-refractivity contribution is 6.30. The van der Waals surface area contributed by atoms with Crippen molar-refractivity contribution in [3.05, 3.63) is 34.9 Å². The second kappa shape index (κ2) is 6.92. The number of benzene rings is 1. The monoisotopic (exact) mass is 281 g/mol. The van der Waals surface area contributed by atoms with Crippen molar-refractivity contribution in [3.63, 3.8) is 0 Å². The molecule has 2 atom stereocenters. The Balaban J connectivity index is 1.76. The Bertz CT molecular complexity index is 419. The first-order valence-corrected chi connectivity index (χ1v) is 7.25. The molecule has 4 heteroatoms. The van der Waals surface area contributed by atoms with Crippen LogP contribution in [0, 0.1) is 0 Å². The SMILES string of the molecule is O=C(CCc1ccc(Cl)cc1)NC1CCCCC1O. The smallest absolute Gasteiger partial charge is 0.220 e. The number of carbonyl (C=O) groups is 1. The molecule has 1 aliphatic carbocycles. The van der Waals surface area contributed by atoms with Crippen LogP contribution in [-0.2, 0) is 11.2 Å². The number of nitrogens with one attached hydrogen (secondary N) is 1. The van der Waals surface area contributed by atoms with Crippen LogP contribution in [0.3, 0.4) is 0 Å². The van der Waals surface area contributed by atoms with Gasteiger partial charge in [0.15, 0.2) is 0 Å². The van der Waals surface area contributed by atoms with Gasteiger partial charge < -0.3 is 10.4 Å². The Morgan fingerprint density at radius 3 is 2.63 bits per heavy atom.